The van der Waals surface area contributed by atoms with E-state index in [1.54, 1.807) is 17.7 Å². The third kappa shape index (κ3) is 6.35. The van der Waals surface area contributed by atoms with Gasteiger partial charge in [0.05, 0.1) is 6.54 Å². The smallest absolute Gasteiger partial charge is 0.191 e. The molecule has 0 aliphatic rings. The highest BCUT2D eigenvalue weighted by molar-refractivity contribution is 7.09. The van der Waals surface area contributed by atoms with E-state index in [-0.39, 0.29) is 0 Å². The Kier molecular flexibility index (Phi) is 7.87. The highest BCUT2D eigenvalue weighted by Crippen LogP contribution is 2.10. The predicted octanol–water partition coefficient (Wildman–Crippen LogP) is 3.53. The Labute approximate surface area is 174 Å². The summed E-state index contributed by atoms with van der Waals surface area (Å²) in [7, 11) is 0. The third-order valence-corrected chi connectivity index (χ3v) is 5.42. The van der Waals surface area contributed by atoms with Gasteiger partial charge in [0, 0.05) is 36.0 Å². The summed E-state index contributed by atoms with van der Waals surface area (Å²) >= 11 is 7.74. The standard InChI is InChI=1S/C20H25ClN6S/c1-2-19-26-25-15-27(19)12-11-23-20(22-10-9-18-4-3-13-28-18)24-14-16-5-7-17(21)8-6-16/h3-8,13,15H,2,9-12,14H2,1H3,(H2,22,23,24). The zero-order chi connectivity index (χ0) is 19.6. The van der Waals surface area contributed by atoms with Gasteiger partial charge in [-0.05, 0) is 35.6 Å². The lowest BCUT2D eigenvalue weighted by molar-refractivity contribution is 0.631. The first kappa shape index (κ1) is 20.4. The van der Waals surface area contributed by atoms with Gasteiger partial charge in [-0.15, -0.1) is 21.5 Å². The molecule has 2 N–H and O–H groups in total. The zero-order valence-electron chi connectivity index (χ0n) is 15.9. The van der Waals surface area contributed by atoms with Crippen LogP contribution in [0.5, 0.6) is 0 Å². The van der Waals surface area contributed by atoms with Gasteiger partial charge in [-0.2, -0.15) is 0 Å². The number of aliphatic imine (C=N–C) groups is 1. The lowest BCUT2D eigenvalue weighted by atomic mass is 10.2. The van der Waals surface area contributed by atoms with Crippen LogP contribution in [0.1, 0.15) is 23.2 Å². The van der Waals surface area contributed by atoms with Crippen molar-refractivity contribution in [3.8, 4) is 0 Å². The number of nitrogens with zero attached hydrogens (tertiary/aromatic N) is 4. The van der Waals surface area contributed by atoms with Crippen LogP contribution in [0, 0.1) is 0 Å². The van der Waals surface area contributed by atoms with E-state index in [0.29, 0.717) is 6.54 Å². The maximum atomic E-state index is 5.96. The molecule has 148 valence electrons. The molecule has 0 spiro atoms. The molecule has 2 heterocycles. The summed E-state index contributed by atoms with van der Waals surface area (Å²) < 4.78 is 2.06. The van der Waals surface area contributed by atoms with Gasteiger partial charge in [0.25, 0.3) is 0 Å². The van der Waals surface area contributed by atoms with Crippen LogP contribution in [0.15, 0.2) is 53.1 Å². The Hall–Kier alpha value is -2.38. The molecule has 0 saturated carbocycles. The number of benzene rings is 1. The van der Waals surface area contributed by atoms with Crippen LogP contribution in [-0.2, 0) is 25.9 Å². The number of nitrogens with one attached hydrogen (secondary N) is 2. The van der Waals surface area contributed by atoms with Crippen molar-refractivity contribution in [1.82, 2.24) is 25.4 Å². The molecule has 0 saturated heterocycles. The topological polar surface area (TPSA) is 67.1 Å². The SMILES string of the molecule is CCc1nncn1CCNC(=NCc1ccc(Cl)cc1)NCCc1cccs1. The second kappa shape index (κ2) is 10.8. The van der Waals surface area contributed by atoms with Crippen molar-refractivity contribution >= 4 is 28.9 Å². The second-order valence-electron chi connectivity index (χ2n) is 6.27. The van der Waals surface area contributed by atoms with Crippen molar-refractivity contribution in [2.75, 3.05) is 13.1 Å². The number of aryl methyl sites for hydroxylation is 1. The molecule has 0 bridgehead atoms. The minimum absolute atomic E-state index is 0.596. The maximum absolute atomic E-state index is 5.96. The summed E-state index contributed by atoms with van der Waals surface area (Å²) in [5.74, 6) is 1.80. The van der Waals surface area contributed by atoms with Crippen LogP contribution in [-0.4, -0.2) is 33.8 Å². The molecule has 0 aliphatic carbocycles. The lowest BCUT2D eigenvalue weighted by Crippen LogP contribution is -2.40. The Morgan fingerprint density at radius 3 is 2.75 bits per heavy atom. The molecule has 1 aromatic carbocycles. The van der Waals surface area contributed by atoms with Crippen LogP contribution >= 0.6 is 22.9 Å². The van der Waals surface area contributed by atoms with Crippen molar-refractivity contribution in [3.05, 3.63) is 69.4 Å². The van der Waals surface area contributed by atoms with E-state index in [4.69, 9.17) is 16.6 Å². The van der Waals surface area contributed by atoms with Crippen molar-refractivity contribution < 1.29 is 0 Å². The van der Waals surface area contributed by atoms with Gasteiger partial charge < -0.3 is 15.2 Å². The minimum Gasteiger partial charge on any atom is -0.356 e. The van der Waals surface area contributed by atoms with E-state index >= 15 is 0 Å². The van der Waals surface area contributed by atoms with Crippen molar-refractivity contribution in [2.45, 2.75) is 32.9 Å². The first-order chi connectivity index (χ1) is 13.7. The van der Waals surface area contributed by atoms with Crippen LogP contribution in [0.4, 0.5) is 0 Å². The molecule has 0 unspecified atom stereocenters. The summed E-state index contributed by atoms with van der Waals surface area (Å²) in [6.45, 7) is 5.05. The molecule has 28 heavy (non-hydrogen) atoms. The fourth-order valence-corrected chi connectivity index (χ4v) is 3.56. The van der Waals surface area contributed by atoms with E-state index in [2.05, 4.69) is 49.8 Å². The third-order valence-electron chi connectivity index (χ3n) is 4.23. The van der Waals surface area contributed by atoms with E-state index in [0.717, 1.165) is 54.8 Å². The van der Waals surface area contributed by atoms with Crippen molar-refractivity contribution in [1.29, 1.82) is 0 Å². The molecule has 2 aromatic heterocycles. The highest BCUT2D eigenvalue weighted by atomic mass is 35.5. The number of thiophene rings is 1. The average molecular weight is 417 g/mol. The normalized spacial score (nSPS) is 11.6. The van der Waals surface area contributed by atoms with Gasteiger partial charge in [-0.3, -0.25) is 0 Å². The molecule has 0 radical (unpaired) electrons. The summed E-state index contributed by atoms with van der Waals surface area (Å²) in [5.41, 5.74) is 1.12. The Morgan fingerprint density at radius 1 is 1.18 bits per heavy atom. The lowest BCUT2D eigenvalue weighted by Gasteiger charge is -2.13. The Morgan fingerprint density at radius 2 is 2.00 bits per heavy atom. The molecular weight excluding hydrogens is 392 g/mol. The number of halogens is 1. The molecule has 3 rings (SSSR count). The molecule has 0 amide bonds. The molecule has 0 aliphatic heterocycles. The van der Waals surface area contributed by atoms with Crippen LogP contribution in [0.25, 0.3) is 0 Å². The number of rotatable bonds is 9. The number of hydrogen-bond acceptors (Lipinski definition) is 4. The highest BCUT2D eigenvalue weighted by Gasteiger charge is 2.03. The quantitative estimate of drug-likeness (QED) is 0.413. The average Bonchev–Trinajstić information content (AvgIpc) is 3.38. The zero-order valence-corrected chi connectivity index (χ0v) is 17.5. The molecule has 3 aromatic rings. The van der Waals surface area contributed by atoms with Crippen LogP contribution in [0.2, 0.25) is 5.02 Å². The molecule has 8 heteroatoms. The van der Waals surface area contributed by atoms with Gasteiger partial charge in [-0.1, -0.05) is 36.7 Å². The summed E-state index contributed by atoms with van der Waals surface area (Å²) in [6, 6.07) is 12.0. The van der Waals surface area contributed by atoms with Gasteiger partial charge in [0.15, 0.2) is 5.96 Å². The van der Waals surface area contributed by atoms with E-state index in [1.165, 1.54) is 4.88 Å². The van der Waals surface area contributed by atoms with Crippen LogP contribution in [0.3, 0.4) is 0 Å². The summed E-state index contributed by atoms with van der Waals surface area (Å²) in [5, 5.41) is 17.8. The monoisotopic (exact) mass is 416 g/mol. The molecule has 0 atom stereocenters. The summed E-state index contributed by atoms with van der Waals surface area (Å²) in [4.78, 5) is 6.08. The van der Waals surface area contributed by atoms with E-state index in [1.807, 2.05) is 24.3 Å². The van der Waals surface area contributed by atoms with Gasteiger partial charge in [0.1, 0.15) is 12.2 Å². The molecule has 6 nitrogen and oxygen atoms in total. The largest absolute Gasteiger partial charge is 0.356 e. The van der Waals surface area contributed by atoms with E-state index in [9.17, 15) is 0 Å². The fourth-order valence-electron chi connectivity index (χ4n) is 2.73. The Balaban J connectivity index is 1.55. The molecular formula is C20H25ClN6S. The van der Waals surface area contributed by atoms with Crippen molar-refractivity contribution in [2.24, 2.45) is 4.99 Å². The number of hydrogen-bond donors (Lipinski definition) is 2. The maximum Gasteiger partial charge on any atom is 0.191 e. The van der Waals surface area contributed by atoms with Crippen LogP contribution < -0.4 is 10.6 Å². The second-order valence-corrected chi connectivity index (χ2v) is 7.74. The van der Waals surface area contributed by atoms with E-state index < -0.39 is 0 Å². The van der Waals surface area contributed by atoms with Gasteiger partial charge in [-0.25, -0.2) is 4.99 Å². The summed E-state index contributed by atoms with van der Waals surface area (Å²) in [6.07, 6.45) is 3.62. The molecule has 0 fully saturated rings. The van der Waals surface area contributed by atoms with Gasteiger partial charge in [0.2, 0.25) is 0 Å². The first-order valence-corrected chi connectivity index (χ1v) is 10.7. The van der Waals surface area contributed by atoms with Crippen molar-refractivity contribution in [3.63, 3.8) is 0 Å². The Bertz CT molecular complexity index is 857. The number of aromatic nitrogens is 3. The van der Waals surface area contributed by atoms with Gasteiger partial charge >= 0.3 is 0 Å². The fraction of sp³-hybridized carbons (Fsp3) is 0.350. The number of guanidine groups is 1. The predicted molar refractivity (Wildman–Crippen MR) is 116 cm³/mol. The minimum atomic E-state index is 0.596. The first-order valence-electron chi connectivity index (χ1n) is 9.40.